The molecule has 4 rings (SSSR count). The van der Waals surface area contributed by atoms with Crippen LogP contribution in [0, 0.1) is 5.92 Å². The Morgan fingerprint density at radius 3 is 2.44 bits per heavy atom. The number of hydrogen-bond donors (Lipinski definition) is 0. The number of benzene rings is 1. The Hall–Kier alpha value is -3.51. The summed E-state index contributed by atoms with van der Waals surface area (Å²) in [6.45, 7) is 5.10. The standard InChI is InChI=1S/C29H37N3O8S/c1-6-39-27(34)19-8-7-9-31(16-19)24(33)14-21-17-41-29-30-18(2)25(28(35)40-11-10-36-3)26(32(21)29)20-12-22(37-4)15-23(13-20)38-5/h12-13,15,17,19,26H,6-11,14,16H2,1-5H3. The van der Waals surface area contributed by atoms with Crippen LogP contribution in [0.5, 0.6) is 11.5 Å². The lowest BCUT2D eigenvalue weighted by Crippen LogP contribution is -2.44. The average molecular weight is 588 g/mol. The van der Waals surface area contributed by atoms with E-state index in [4.69, 9.17) is 28.7 Å². The molecule has 0 N–H and O–H groups in total. The number of piperidine rings is 1. The summed E-state index contributed by atoms with van der Waals surface area (Å²) < 4.78 is 26.8. The molecule has 0 spiro atoms. The van der Waals surface area contributed by atoms with E-state index in [0.717, 1.165) is 6.42 Å². The van der Waals surface area contributed by atoms with Gasteiger partial charge in [0.05, 0.1) is 57.1 Å². The second-order valence-electron chi connectivity index (χ2n) is 9.78. The van der Waals surface area contributed by atoms with Gasteiger partial charge in [0.15, 0.2) is 5.17 Å². The third-order valence-corrected chi connectivity index (χ3v) is 8.05. The molecule has 3 heterocycles. The number of carbonyl (C=O) groups is 3. The molecule has 0 saturated carbocycles. The van der Waals surface area contributed by atoms with Crippen molar-refractivity contribution in [1.29, 1.82) is 0 Å². The van der Waals surface area contributed by atoms with Crippen molar-refractivity contribution in [1.82, 2.24) is 9.80 Å². The Morgan fingerprint density at radius 2 is 1.78 bits per heavy atom. The van der Waals surface area contributed by atoms with E-state index in [2.05, 4.69) is 0 Å². The second-order valence-corrected chi connectivity index (χ2v) is 10.6. The molecule has 1 amide bonds. The molecule has 3 aliphatic rings. The second kappa shape index (κ2) is 13.9. The molecule has 0 aliphatic carbocycles. The third kappa shape index (κ3) is 6.87. The minimum absolute atomic E-state index is 0.0736. The van der Waals surface area contributed by atoms with E-state index in [9.17, 15) is 14.4 Å². The number of amides is 1. The van der Waals surface area contributed by atoms with Crippen LogP contribution in [0.1, 0.15) is 44.7 Å². The number of carbonyl (C=O) groups excluding carboxylic acids is 3. The Kier molecular flexibility index (Phi) is 10.3. The van der Waals surface area contributed by atoms with Crippen LogP contribution in [0.15, 0.2) is 45.6 Å². The molecule has 1 saturated heterocycles. The Balaban J connectivity index is 1.66. The lowest BCUT2D eigenvalue weighted by atomic mass is 9.93. The third-order valence-electron chi connectivity index (χ3n) is 7.16. The van der Waals surface area contributed by atoms with Gasteiger partial charge in [-0.1, -0.05) is 11.8 Å². The van der Waals surface area contributed by atoms with Crippen LogP contribution in [0.2, 0.25) is 0 Å². The molecule has 1 aromatic rings. The zero-order valence-electron chi connectivity index (χ0n) is 24.1. The number of likely N-dealkylation sites (tertiary alicyclic amines) is 1. The molecule has 1 fully saturated rings. The molecule has 11 nitrogen and oxygen atoms in total. The first-order valence-corrected chi connectivity index (χ1v) is 14.5. The van der Waals surface area contributed by atoms with Crippen molar-refractivity contribution in [2.24, 2.45) is 10.9 Å². The lowest BCUT2D eigenvalue weighted by Gasteiger charge is -2.37. The van der Waals surface area contributed by atoms with Crippen molar-refractivity contribution in [3.8, 4) is 11.5 Å². The summed E-state index contributed by atoms with van der Waals surface area (Å²) in [4.78, 5) is 47.7. The molecule has 3 aliphatic heterocycles. The van der Waals surface area contributed by atoms with Gasteiger partial charge in [0, 0.05) is 32.0 Å². The molecular weight excluding hydrogens is 550 g/mol. The molecule has 0 radical (unpaired) electrons. The number of thioether (sulfide) groups is 1. The molecule has 0 aromatic heterocycles. The number of ether oxygens (including phenoxy) is 5. The molecule has 12 heteroatoms. The molecule has 222 valence electrons. The maximum atomic E-state index is 13.6. The van der Waals surface area contributed by atoms with Gasteiger partial charge in [-0.25, -0.2) is 9.79 Å². The quantitative estimate of drug-likeness (QED) is 0.281. The zero-order valence-corrected chi connectivity index (χ0v) is 25.0. The number of rotatable bonds is 11. The van der Waals surface area contributed by atoms with Crippen molar-refractivity contribution in [3.63, 3.8) is 0 Å². The van der Waals surface area contributed by atoms with E-state index in [1.165, 1.54) is 18.9 Å². The summed E-state index contributed by atoms with van der Waals surface area (Å²) in [7, 11) is 4.66. The number of hydrogen-bond acceptors (Lipinski definition) is 11. The van der Waals surface area contributed by atoms with Crippen molar-refractivity contribution in [2.45, 2.75) is 39.2 Å². The molecule has 1 aromatic carbocycles. The molecule has 41 heavy (non-hydrogen) atoms. The van der Waals surface area contributed by atoms with Gasteiger partial charge in [-0.15, -0.1) is 0 Å². The number of methoxy groups -OCH3 is 3. The highest BCUT2D eigenvalue weighted by Crippen LogP contribution is 2.46. The van der Waals surface area contributed by atoms with E-state index in [-0.39, 0.29) is 37.4 Å². The number of allylic oxidation sites excluding steroid dienone is 1. The molecule has 2 atom stereocenters. The van der Waals surface area contributed by atoms with E-state index in [0.29, 0.717) is 65.3 Å². The number of aliphatic imine (C=N–C) groups is 1. The fourth-order valence-electron chi connectivity index (χ4n) is 5.15. The van der Waals surface area contributed by atoms with Crippen molar-refractivity contribution in [2.75, 3.05) is 54.2 Å². The molecular formula is C29H37N3O8S. The van der Waals surface area contributed by atoms with Gasteiger partial charge in [0.25, 0.3) is 0 Å². The largest absolute Gasteiger partial charge is 0.497 e. The number of nitrogens with zero attached hydrogens (tertiary/aromatic N) is 3. The summed E-state index contributed by atoms with van der Waals surface area (Å²) >= 11 is 1.39. The first kappa shape index (κ1) is 30.4. The number of esters is 2. The van der Waals surface area contributed by atoms with Gasteiger partial charge in [0.1, 0.15) is 18.1 Å². The van der Waals surface area contributed by atoms with Gasteiger partial charge in [-0.2, -0.15) is 0 Å². The molecule has 0 bridgehead atoms. The minimum Gasteiger partial charge on any atom is -0.497 e. The minimum atomic E-state index is -0.649. The SMILES string of the molecule is CCOC(=O)C1CCCN(C(=O)CC2=CSC3=NC(C)=C(C(=O)OCCOC)C(c4cc(OC)cc(OC)c4)N23)C1. The average Bonchev–Trinajstić information content (AvgIpc) is 3.37. The monoisotopic (exact) mass is 587 g/mol. The first-order chi connectivity index (χ1) is 19.8. The summed E-state index contributed by atoms with van der Waals surface area (Å²) in [5.74, 6) is -0.118. The van der Waals surface area contributed by atoms with Gasteiger partial charge in [-0.3, -0.25) is 9.59 Å². The van der Waals surface area contributed by atoms with Crippen molar-refractivity contribution < 1.29 is 38.1 Å². The van der Waals surface area contributed by atoms with Crippen molar-refractivity contribution >= 4 is 34.8 Å². The summed E-state index contributed by atoms with van der Waals surface area (Å²) in [5.41, 5.74) is 2.28. The van der Waals surface area contributed by atoms with Gasteiger partial charge in [-0.05, 0) is 49.8 Å². The normalized spacial score (nSPS) is 20.2. The maximum absolute atomic E-state index is 13.6. The van der Waals surface area contributed by atoms with E-state index in [1.54, 1.807) is 39.0 Å². The van der Waals surface area contributed by atoms with E-state index < -0.39 is 12.0 Å². The predicted molar refractivity (Wildman–Crippen MR) is 153 cm³/mol. The predicted octanol–water partition coefficient (Wildman–Crippen LogP) is 3.66. The Morgan fingerprint density at radius 1 is 1.05 bits per heavy atom. The van der Waals surface area contributed by atoms with E-state index in [1.807, 2.05) is 22.4 Å². The van der Waals surface area contributed by atoms with Crippen LogP contribution in [0.4, 0.5) is 0 Å². The van der Waals surface area contributed by atoms with Gasteiger partial charge in [0.2, 0.25) is 5.91 Å². The summed E-state index contributed by atoms with van der Waals surface area (Å²) in [6.07, 6.45) is 1.50. The van der Waals surface area contributed by atoms with Crippen LogP contribution in [0.25, 0.3) is 0 Å². The topological polar surface area (TPSA) is 116 Å². The van der Waals surface area contributed by atoms with Crippen LogP contribution in [-0.4, -0.2) is 87.1 Å². The van der Waals surface area contributed by atoms with Crippen LogP contribution >= 0.6 is 11.8 Å². The Labute approximate surface area is 244 Å². The fraction of sp³-hybridized carbons (Fsp3) is 0.517. The van der Waals surface area contributed by atoms with Crippen LogP contribution < -0.4 is 9.47 Å². The maximum Gasteiger partial charge on any atom is 0.338 e. The van der Waals surface area contributed by atoms with Gasteiger partial charge >= 0.3 is 11.9 Å². The number of amidine groups is 1. The van der Waals surface area contributed by atoms with E-state index >= 15 is 0 Å². The lowest BCUT2D eigenvalue weighted by molar-refractivity contribution is -0.151. The smallest absolute Gasteiger partial charge is 0.338 e. The highest BCUT2D eigenvalue weighted by molar-refractivity contribution is 8.16. The molecule has 2 unspecified atom stereocenters. The Bertz CT molecular complexity index is 1240. The summed E-state index contributed by atoms with van der Waals surface area (Å²) in [5, 5.41) is 2.54. The fourth-order valence-corrected chi connectivity index (χ4v) is 6.12. The van der Waals surface area contributed by atoms with Crippen LogP contribution in [0.3, 0.4) is 0 Å². The van der Waals surface area contributed by atoms with Gasteiger partial charge < -0.3 is 33.5 Å². The first-order valence-electron chi connectivity index (χ1n) is 13.6. The highest BCUT2D eigenvalue weighted by atomic mass is 32.2. The summed E-state index contributed by atoms with van der Waals surface area (Å²) in [6, 6.07) is 4.78. The number of fused-ring (bicyclic) bond motifs is 1. The zero-order chi connectivity index (χ0) is 29.5. The highest BCUT2D eigenvalue weighted by Gasteiger charge is 2.42. The van der Waals surface area contributed by atoms with Crippen LogP contribution in [-0.2, 0) is 28.6 Å². The van der Waals surface area contributed by atoms with Crippen molar-refractivity contribution in [3.05, 3.63) is 46.1 Å².